The summed E-state index contributed by atoms with van der Waals surface area (Å²) in [5.74, 6) is -1.29. The molecule has 2 nitrogen and oxygen atoms in total. The minimum absolute atomic E-state index is 0.151. The quantitative estimate of drug-likeness (QED) is 0.886. The van der Waals surface area contributed by atoms with Gasteiger partial charge in [-0.3, -0.25) is 4.79 Å². The summed E-state index contributed by atoms with van der Waals surface area (Å²) in [7, 11) is 0. The molecule has 1 aromatic carbocycles. The van der Waals surface area contributed by atoms with Gasteiger partial charge in [0.15, 0.2) is 0 Å². The van der Waals surface area contributed by atoms with E-state index >= 15 is 0 Å². The molecule has 17 heavy (non-hydrogen) atoms. The molecule has 0 aromatic heterocycles. The topological polar surface area (TPSA) is 37.3 Å². The van der Waals surface area contributed by atoms with Crippen LogP contribution in [0.25, 0.3) is 0 Å². The largest absolute Gasteiger partial charge is 0.481 e. The zero-order chi connectivity index (χ0) is 12.9. The fraction of sp³-hybridized carbons (Fsp3) is 0.364. The molecule has 1 aromatic rings. The molecule has 0 saturated carbocycles. The first-order valence-corrected chi connectivity index (χ1v) is 5.88. The molecule has 1 atom stereocenters. The Balaban J connectivity index is 2.59. The van der Waals surface area contributed by atoms with Crippen molar-refractivity contribution < 1.29 is 23.1 Å². The Kier molecular flexibility index (Phi) is 4.86. The average Bonchev–Trinajstić information content (AvgIpc) is 2.23. The maximum atomic E-state index is 12.5. The van der Waals surface area contributed by atoms with E-state index in [1.54, 1.807) is 30.3 Å². The third kappa shape index (κ3) is 5.12. The molecule has 0 saturated heterocycles. The molecule has 0 fully saturated rings. The molecule has 0 aliphatic carbocycles. The Hall–Kier alpha value is -1.17. The number of thioether (sulfide) groups is 1. The molecule has 1 unspecified atom stereocenters. The number of rotatable bonds is 5. The number of carbonyl (C=O) groups is 1. The highest BCUT2D eigenvalue weighted by Crippen LogP contribution is 2.34. The normalized spacial score (nSPS) is 13.4. The van der Waals surface area contributed by atoms with Crippen LogP contribution in [-0.4, -0.2) is 22.5 Å². The first-order chi connectivity index (χ1) is 7.89. The number of carboxylic acid groups (broad SMARTS) is 1. The smallest absolute Gasteiger partial charge is 0.401 e. The van der Waals surface area contributed by atoms with E-state index in [0.717, 1.165) is 5.56 Å². The number of hydrogen-bond acceptors (Lipinski definition) is 2. The van der Waals surface area contributed by atoms with Gasteiger partial charge in [0.05, 0.1) is 6.42 Å². The molecule has 1 N–H and O–H groups in total. The highest BCUT2D eigenvalue weighted by atomic mass is 32.2. The van der Waals surface area contributed by atoms with E-state index in [-0.39, 0.29) is 5.75 Å². The summed E-state index contributed by atoms with van der Waals surface area (Å²) >= 11 is 0.604. The molecule has 0 aliphatic heterocycles. The summed E-state index contributed by atoms with van der Waals surface area (Å²) in [5, 5.41) is 6.57. The minimum Gasteiger partial charge on any atom is -0.481 e. The monoisotopic (exact) mass is 264 g/mol. The highest BCUT2D eigenvalue weighted by Gasteiger charge is 2.41. The van der Waals surface area contributed by atoms with Gasteiger partial charge < -0.3 is 5.11 Å². The van der Waals surface area contributed by atoms with Crippen LogP contribution in [0, 0.1) is 0 Å². The van der Waals surface area contributed by atoms with Gasteiger partial charge in [0.25, 0.3) is 0 Å². The van der Waals surface area contributed by atoms with E-state index in [1.807, 2.05) is 0 Å². The number of benzene rings is 1. The average molecular weight is 264 g/mol. The second kappa shape index (κ2) is 5.95. The van der Waals surface area contributed by atoms with Crippen molar-refractivity contribution in [3.8, 4) is 0 Å². The van der Waals surface area contributed by atoms with Crippen LogP contribution < -0.4 is 0 Å². The maximum Gasteiger partial charge on any atom is 0.401 e. The van der Waals surface area contributed by atoms with Crippen LogP contribution in [-0.2, 0) is 10.5 Å². The first kappa shape index (κ1) is 13.9. The van der Waals surface area contributed by atoms with Crippen molar-refractivity contribution in [1.29, 1.82) is 0 Å². The maximum absolute atomic E-state index is 12.5. The molecule has 6 heteroatoms. The predicted octanol–water partition coefficient (Wildman–Crippen LogP) is 3.33. The number of carboxylic acids is 1. The van der Waals surface area contributed by atoms with Crippen molar-refractivity contribution in [2.24, 2.45) is 0 Å². The molecule has 94 valence electrons. The molecule has 0 bridgehead atoms. The molecular formula is C11H11F3O2S. The summed E-state index contributed by atoms with van der Waals surface area (Å²) in [6.45, 7) is 0. The van der Waals surface area contributed by atoms with Crippen LogP contribution in [0.1, 0.15) is 12.0 Å². The van der Waals surface area contributed by atoms with E-state index < -0.39 is 23.8 Å². The second-order valence-corrected chi connectivity index (χ2v) is 4.62. The fourth-order valence-electron chi connectivity index (χ4n) is 1.20. The van der Waals surface area contributed by atoms with Crippen LogP contribution >= 0.6 is 11.8 Å². The number of hydrogen-bond donors (Lipinski definition) is 1. The SMILES string of the molecule is O=C(O)CC(SCc1ccccc1)C(F)(F)F. The number of alkyl halides is 3. The van der Waals surface area contributed by atoms with Gasteiger partial charge in [-0.25, -0.2) is 0 Å². The molecule has 0 amide bonds. The van der Waals surface area contributed by atoms with Gasteiger partial charge >= 0.3 is 12.1 Å². The Morgan fingerprint density at radius 1 is 1.29 bits per heavy atom. The Bertz CT molecular complexity index is 365. The lowest BCUT2D eigenvalue weighted by atomic mass is 10.2. The van der Waals surface area contributed by atoms with E-state index in [1.165, 1.54) is 0 Å². The van der Waals surface area contributed by atoms with Crippen LogP contribution in [0.5, 0.6) is 0 Å². The standard InChI is InChI=1S/C11H11F3O2S/c12-11(13,14)9(6-10(15)16)17-7-8-4-2-1-3-5-8/h1-5,9H,6-7H2,(H,15,16). The Morgan fingerprint density at radius 2 is 1.88 bits per heavy atom. The third-order valence-corrected chi connectivity index (χ3v) is 3.36. The molecule has 0 spiro atoms. The van der Waals surface area contributed by atoms with Crippen molar-refractivity contribution >= 4 is 17.7 Å². The lowest BCUT2D eigenvalue weighted by Crippen LogP contribution is -2.28. The van der Waals surface area contributed by atoms with Gasteiger partial charge in [0, 0.05) is 5.75 Å². The van der Waals surface area contributed by atoms with Crippen LogP contribution in [0.4, 0.5) is 13.2 Å². The first-order valence-electron chi connectivity index (χ1n) is 4.83. The molecule has 1 rings (SSSR count). The number of aliphatic carboxylic acids is 1. The molecule has 0 aliphatic rings. The van der Waals surface area contributed by atoms with E-state index in [9.17, 15) is 18.0 Å². The molecular weight excluding hydrogens is 253 g/mol. The van der Waals surface area contributed by atoms with E-state index in [4.69, 9.17) is 5.11 Å². The van der Waals surface area contributed by atoms with Gasteiger partial charge in [0.1, 0.15) is 5.25 Å². The third-order valence-electron chi connectivity index (χ3n) is 2.02. The molecule has 0 heterocycles. The van der Waals surface area contributed by atoms with Crippen LogP contribution in [0.2, 0.25) is 0 Å². The predicted molar refractivity (Wildman–Crippen MR) is 59.8 cm³/mol. The zero-order valence-corrected chi connectivity index (χ0v) is 9.59. The van der Waals surface area contributed by atoms with Gasteiger partial charge in [0.2, 0.25) is 0 Å². The lowest BCUT2D eigenvalue weighted by molar-refractivity contribution is -0.149. The highest BCUT2D eigenvalue weighted by molar-refractivity contribution is 7.99. The summed E-state index contributed by atoms with van der Waals surface area (Å²) in [4.78, 5) is 10.4. The second-order valence-electron chi connectivity index (χ2n) is 3.42. The summed E-state index contributed by atoms with van der Waals surface area (Å²) < 4.78 is 37.5. The number of halogens is 3. The van der Waals surface area contributed by atoms with Crippen molar-refractivity contribution in [2.45, 2.75) is 23.6 Å². The van der Waals surface area contributed by atoms with Crippen LogP contribution in [0.15, 0.2) is 30.3 Å². The van der Waals surface area contributed by atoms with Gasteiger partial charge in [-0.1, -0.05) is 30.3 Å². The van der Waals surface area contributed by atoms with Crippen molar-refractivity contribution in [3.63, 3.8) is 0 Å². The van der Waals surface area contributed by atoms with Crippen molar-refractivity contribution in [1.82, 2.24) is 0 Å². The summed E-state index contributed by atoms with van der Waals surface area (Å²) in [6, 6.07) is 8.65. The molecule has 0 radical (unpaired) electrons. The van der Waals surface area contributed by atoms with Gasteiger partial charge in [-0.2, -0.15) is 13.2 Å². The zero-order valence-electron chi connectivity index (χ0n) is 8.78. The summed E-state index contributed by atoms with van der Waals surface area (Å²) in [6.07, 6.45) is -5.39. The van der Waals surface area contributed by atoms with Crippen molar-refractivity contribution in [2.75, 3.05) is 0 Å². The fourth-order valence-corrected chi connectivity index (χ4v) is 2.23. The van der Waals surface area contributed by atoms with Crippen LogP contribution in [0.3, 0.4) is 0 Å². The van der Waals surface area contributed by atoms with E-state index in [0.29, 0.717) is 11.8 Å². The minimum atomic E-state index is -4.49. The van der Waals surface area contributed by atoms with Gasteiger partial charge in [-0.15, -0.1) is 11.8 Å². The van der Waals surface area contributed by atoms with E-state index in [2.05, 4.69) is 0 Å². The van der Waals surface area contributed by atoms with Gasteiger partial charge in [-0.05, 0) is 5.56 Å². The Morgan fingerprint density at radius 3 is 2.35 bits per heavy atom. The summed E-state index contributed by atoms with van der Waals surface area (Å²) in [5.41, 5.74) is 0.747. The Labute approximate surface area is 101 Å². The van der Waals surface area contributed by atoms with Crippen molar-refractivity contribution in [3.05, 3.63) is 35.9 Å². The lowest BCUT2D eigenvalue weighted by Gasteiger charge is -2.17.